The molecule has 0 aliphatic heterocycles. The van der Waals surface area contributed by atoms with Crippen LogP contribution >= 0.6 is 0 Å². The Morgan fingerprint density at radius 3 is 2.40 bits per heavy atom. The van der Waals surface area contributed by atoms with Gasteiger partial charge in [-0.3, -0.25) is 0 Å². The minimum atomic E-state index is -4.51. The summed E-state index contributed by atoms with van der Waals surface area (Å²) in [7, 11) is 0. The van der Waals surface area contributed by atoms with E-state index in [9.17, 15) is 13.2 Å². The highest BCUT2D eigenvalue weighted by molar-refractivity contribution is 4.87. The first-order chi connectivity index (χ1) is 6.95. The molecule has 0 heterocycles. The largest absolute Gasteiger partial charge is 0.415 e. The van der Waals surface area contributed by atoms with E-state index in [-0.39, 0.29) is 12.6 Å². The topological polar surface area (TPSA) is 32.3 Å². The van der Waals surface area contributed by atoms with Crippen LogP contribution in [-0.4, -0.2) is 30.0 Å². The molecule has 0 saturated heterocycles. The summed E-state index contributed by atoms with van der Waals surface area (Å²) in [6, 6.07) is 0.145. The minimum absolute atomic E-state index is 0.145. The second-order valence-electron chi connectivity index (χ2n) is 4.20. The third-order valence-electron chi connectivity index (χ3n) is 2.74. The Hall–Kier alpha value is -0.290. The Bertz CT molecular complexity index is 192. The third kappa shape index (κ3) is 4.38. The van der Waals surface area contributed by atoms with Crippen molar-refractivity contribution in [1.29, 1.82) is 0 Å². The first kappa shape index (κ1) is 12.8. The first-order valence-corrected chi connectivity index (χ1v) is 5.43. The zero-order valence-electron chi connectivity index (χ0n) is 8.85. The molecule has 0 aromatic rings. The quantitative estimate of drug-likeness (QED) is 0.725. The van der Waals surface area contributed by atoms with Crippen molar-refractivity contribution in [2.75, 3.05) is 6.54 Å². The van der Waals surface area contributed by atoms with E-state index in [2.05, 4.69) is 5.32 Å². The molecule has 0 aromatic heterocycles. The zero-order chi connectivity index (χ0) is 11.5. The van der Waals surface area contributed by atoms with Gasteiger partial charge in [0, 0.05) is 12.6 Å². The first-order valence-electron chi connectivity index (χ1n) is 5.43. The van der Waals surface area contributed by atoms with Gasteiger partial charge in [-0.25, -0.2) is 0 Å². The van der Waals surface area contributed by atoms with E-state index in [1.54, 1.807) is 0 Å². The van der Waals surface area contributed by atoms with E-state index in [1.165, 1.54) is 0 Å². The molecule has 5 heteroatoms. The number of aliphatic hydroxyl groups is 1. The molecule has 0 aromatic carbocycles. The van der Waals surface area contributed by atoms with E-state index >= 15 is 0 Å². The lowest BCUT2D eigenvalue weighted by Gasteiger charge is -2.21. The Kier molecular flexibility index (Phi) is 4.40. The summed E-state index contributed by atoms with van der Waals surface area (Å²) >= 11 is 0. The lowest BCUT2D eigenvalue weighted by molar-refractivity contribution is -0.202. The molecule has 0 amide bonds. The van der Waals surface area contributed by atoms with E-state index in [4.69, 9.17) is 5.11 Å². The Balaban J connectivity index is 2.26. The molecule has 15 heavy (non-hydrogen) atoms. The van der Waals surface area contributed by atoms with Crippen molar-refractivity contribution in [2.45, 2.75) is 50.9 Å². The van der Waals surface area contributed by atoms with Crippen molar-refractivity contribution in [2.24, 2.45) is 5.92 Å². The van der Waals surface area contributed by atoms with Crippen molar-refractivity contribution in [3.63, 3.8) is 0 Å². The molecule has 0 bridgehead atoms. The molecule has 1 aliphatic carbocycles. The minimum Gasteiger partial charge on any atom is -0.382 e. The molecule has 1 saturated carbocycles. The summed E-state index contributed by atoms with van der Waals surface area (Å²) in [6.45, 7) is 1.63. The number of nitrogens with one attached hydrogen (secondary N) is 1. The Morgan fingerprint density at radius 2 is 2.00 bits per heavy atom. The Morgan fingerprint density at radius 1 is 1.40 bits per heavy atom. The fraction of sp³-hybridized carbons (Fsp3) is 1.00. The van der Waals surface area contributed by atoms with Gasteiger partial charge in [0.2, 0.25) is 0 Å². The summed E-state index contributed by atoms with van der Waals surface area (Å²) < 4.78 is 36.0. The van der Waals surface area contributed by atoms with Crippen LogP contribution in [0.1, 0.15) is 32.6 Å². The van der Waals surface area contributed by atoms with Crippen LogP contribution in [0.2, 0.25) is 0 Å². The van der Waals surface area contributed by atoms with Crippen molar-refractivity contribution < 1.29 is 18.3 Å². The number of aliphatic hydroxyl groups excluding tert-OH is 1. The van der Waals surface area contributed by atoms with Gasteiger partial charge < -0.3 is 10.4 Å². The molecule has 0 radical (unpaired) electrons. The summed E-state index contributed by atoms with van der Waals surface area (Å²) in [4.78, 5) is 0. The van der Waals surface area contributed by atoms with Crippen molar-refractivity contribution >= 4 is 0 Å². The number of halogens is 3. The van der Waals surface area contributed by atoms with Gasteiger partial charge in [-0.15, -0.1) is 0 Å². The maximum atomic E-state index is 12.0. The van der Waals surface area contributed by atoms with Gasteiger partial charge in [-0.05, 0) is 25.2 Å². The van der Waals surface area contributed by atoms with Crippen LogP contribution < -0.4 is 5.32 Å². The number of alkyl halides is 3. The molecular weight excluding hydrogens is 207 g/mol. The number of rotatable bonds is 6. The zero-order valence-corrected chi connectivity index (χ0v) is 8.85. The van der Waals surface area contributed by atoms with Crippen LogP contribution in [-0.2, 0) is 0 Å². The predicted molar refractivity (Wildman–Crippen MR) is 51.5 cm³/mol. The van der Waals surface area contributed by atoms with E-state index < -0.39 is 12.3 Å². The number of hydrogen-bond acceptors (Lipinski definition) is 2. The average molecular weight is 225 g/mol. The fourth-order valence-electron chi connectivity index (χ4n) is 1.69. The maximum absolute atomic E-state index is 12.0. The second-order valence-corrected chi connectivity index (χ2v) is 4.20. The van der Waals surface area contributed by atoms with Crippen molar-refractivity contribution in [3.8, 4) is 0 Å². The van der Waals surface area contributed by atoms with E-state index in [0.717, 1.165) is 25.7 Å². The van der Waals surface area contributed by atoms with Crippen LogP contribution in [0.25, 0.3) is 0 Å². The smallest absolute Gasteiger partial charge is 0.382 e. The van der Waals surface area contributed by atoms with Gasteiger partial charge in [0.15, 0.2) is 6.10 Å². The molecule has 1 rings (SSSR count). The fourth-order valence-corrected chi connectivity index (χ4v) is 1.69. The molecule has 0 spiro atoms. The standard InChI is InChI=1S/C10H18F3NO/c1-2-3-8(7-4-5-7)14-6-9(15)10(11,12)13/h7-9,14-15H,2-6H2,1H3. The van der Waals surface area contributed by atoms with Gasteiger partial charge in [0.1, 0.15) is 0 Å². The molecule has 2 nitrogen and oxygen atoms in total. The van der Waals surface area contributed by atoms with Gasteiger partial charge in [-0.2, -0.15) is 13.2 Å². The van der Waals surface area contributed by atoms with Crippen LogP contribution in [0.3, 0.4) is 0 Å². The number of hydrogen-bond donors (Lipinski definition) is 2. The molecule has 2 N–H and O–H groups in total. The Labute approximate surface area is 87.9 Å². The third-order valence-corrected chi connectivity index (χ3v) is 2.74. The molecule has 90 valence electrons. The monoisotopic (exact) mass is 225 g/mol. The highest BCUT2D eigenvalue weighted by Crippen LogP contribution is 2.34. The molecular formula is C10H18F3NO. The van der Waals surface area contributed by atoms with Crippen LogP contribution in [0.5, 0.6) is 0 Å². The highest BCUT2D eigenvalue weighted by atomic mass is 19.4. The van der Waals surface area contributed by atoms with Gasteiger partial charge in [0.25, 0.3) is 0 Å². The van der Waals surface area contributed by atoms with E-state index in [0.29, 0.717) is 5.92 Å². The van der Waals surface area contributed by atoms with Crippen molar-refractivity contribution in [1.82, 2.24) is 5.32 Å². The summed E-state index contributed by atoms with van der Waals surface area (Å²) in [5.74, 6) is 0.519. The molecule has 1 fully saturated rings. The molecule has 2 atom stereocenters. The van der Waals surface area contributed by atoms with Gasteiger partial charge in [0.05, 0.1) is 0 Å². The maximum Gasteiger partial charge on any atom is 0.415 e. The normalized spacial score (nSPS) is 21.4. The van der Waals surface area contributed by atoms with Gasteiger partial charge in [-0.1, -0.05) is 13.3 Å². The molecule has 1 aliphatic rings. The van der Waals surface area contributed by atoms with Crippen LogP contribution in [0, 0.1) is 5.92 Å². The van der Waals surface area contributed by atoms with Crippen molar-refractivity contribution in [3.05, 3.63) is 0 Å². The molecule has 2 unspecified atom stereocenters. The van der Waals surface area contributed by atoms with Crippen LogP contribution in [0.15, 0.2) is 0 Å². The summed E-state index contributed by atoms with van der Waals surface area (Å²) in [6.07, 6.45) is -2.71. The second kappa shape index (κ2) is 5.16. The average Bonchev–Trinajstić information content (AvgIpc) is 2.93. The summed E-state index contributed by atoms with van der Waals surface area (Å²) in [5, 5.41) is 11.6. The lowest BCUT2D eigenvalue weighted by Crippen LogP contribution is -2.43. The SMILES string of the molecule is CCCC(NCC(O)C(F)(F)F)C1CC1. The summed E-state index contributed by atoms with van der Waals surface area (Å²) in [5.41, 5.74) is 0. The van der Waals surface area contributed by atoms with E-state index in [1.807, 2.05) is 6.92 Å². The lowest BCUT2D eigenvalue weighted by atomic mass is 10.1. The van der Waals surface area contributed by atoms with Gasteiger partial charge >= 0.3 is 6.18 Å². The highest BCUT2D eigenvalue weighted by Gasteiger charge is 2.39. The van der Waals surface area contributed by atoms with Crippen LogP contribution in [0.4, 0.5) is 13.2 Å². The predicted octanol–water partition coefficient (Wildman–Crippen LogP) is 2.08.